The summed E-state index contributed by atoms with van der Waals surface area (Å²) in [6.07, 6.45) is -0.0584. The third-order valence-corrected chi connectivity index (χ3v) is 14.5. The van der Waals surface area contributed by atoms with Crippen molar-refractivity contribution >= 4 is 97.7 Å². The number of aromatic nitrogens is 3. The molecule has 70 heavy (non-hydrogen) atoms. The van der Waals surface area contributed by atoms with Crippen molar-refractivity contribution in [2.24, 2.45) is 0 Å². The molecular weight excluding hydrogens is 1010 g/mol. The van der Waals surface area contributed by atoms with Gasteiger partial charge >= 0.3 is 0 Å². The van der Waals surface area contributed by atoms with Gasteiger partial charge in [-0.1, -0.05) is 15.9 Å². The molecule has 4 heterocycles. The quantitative estimate of drug-likeness (QED) is 0.0260. The number of ether oxygens (including phenoxy) is 7. The number of alkyl halides is 1. The molecule has 0 spiro atoms. The summed E-state index contributed by atoms with van der Waals surface area (Å²) < 4.78 is 39.4. The van der Waals surface area contributed by atoms with Gasteiger partial charge in [-0.05, 0) is 134 Å². The third kappa shape index (κ3) is 13.9. The number of thiazole rings is 3. The highest BCUT2D eigenvalue weighted by molar-refractivity contribution is 9.09. The Hall–Kier alpha value is -5.93. The van der Waals surface area contributed by atoms with E-state index in [4.69, 9.17) is 48.9 Å². The number of epoxide rings is 1. The zero-order valence-corrected chi connectivity index (χ0v) is 43.0. The molecule has 0 amide bonds. The maximum absolute atomic E-state index is 10.8. The molecule has 5 N–H and O–H groups in total. The number of aliphatic hydroxyl groups is 1. The Morgan fingerprint density at radius 1 is 0.614 bits per heavy atom. The zero-order chi connectivity index (χ0) is 48.8. The molecule has 1 saturated heterocycles. The van der Waals surface area contributed by atoms with Gasteiger partial charge < -0.3 is 54.6 Å². The Kier molecular flexibility index (Phi) is 17.8. The van der Waals surface area contributed by atoms with Gasteiger partial charge in [-0.25, -0.2) is 15.0 Å². The lowest BCUT2D eigenvalue weighted by Crippen LogP contribution is -2.36. The number of nitrogens with one attached hydrogen (secondary N) is 2. The average molecular weight is 1070 g/mol. The molecule has 9 aromatic rings. The molecule has 1 aliphatic rings. The first-order chi connectivity index (χ1) is 34.2. The minimum Gasteiger partial charge on any atom is -0.468 e. The number of benzene rings is 6. The molecule has 0 bridgehead atoms. The highest BCUT2D eigenvalue weighted by Gasteiger charge is 2.19. The number of halogens is 1. The van der Waals surface area contributed by atoms with Gasteiger partial charge in [-0.2, -0.15) is 0 Å². The van der Waals surface area contributed by atoms with Crippen molar-refractivity contribution < 1.29 is 38.3 Å². The van der Waals surface area contributed by atoms with E-state index in [0.29, 0.717) is 12.6 Å². The van der Waals surface area contributed by atoms with Crippen LogP contribution in [0.2, 0.25) is 0 Å². The molecule has 3 atom stereocenters. The fourth-order valence-corrected chi connectivity index (χ4v) is 10.1. The molecule has 0 saturated carbocycles. The van der Waals surface area contributed by atoms with Gasteiger partial charge in [-0.15, -0.1) is 34.0 Å². The minimum atomic E-state index is -0.609. The van der Waals surface area contributed by atoms with Gasteiger partial charge in [0.2, 0.25) is 0 Å². The average Bonchev–Trinajstić information content (AvgIpc) is 3.76. The molecule has 3 unspecified atom stereocenters. The number of anilines is 3. The third-order valence-electron chi connectivity index (χ3n) is 10.6. The number of rotatable bonds is 19. The molecule has 3 aromatic heterocycles. The van der Waals surface area contributed by atoms with Crippen LogP contribution in [0.4, 0.5) is 17.1 Å². The van der Waals surface area contributed by atoms with E-state index >= 15 is 0 Å². The Morgan fingerprint density at radius 3 is 1.36 bits per heavy atom. The predicted molar refractivity (Wildman–Crippen MR) is 288 cm³/mol. The Bertz CT molecular complexity index is 3060. The van der Waals surface area contributed by atoms with Crippen molar-refractivity contribution in [2.45, 2.75) is 25.2 Å². The summed E-state index contributed by atoms with van der Waals surface area (Å²) in [6.45, 7) is 4.00. The minimum absolute atomic E-state index is 0.170. The predicted octanol–water partition coefficient (Wildman–Crippen LogP) is 11.8. The van der Waals surface area contributed by atoms with E-state index in [1.165, 1.54) is 0 Å². The van der Waals surface area contributed by atoms with Gasteiger partial charge in [0.05, 0.1) is 55.5 Å². The van der Waals surface area contributed by atoms with Crippen LogP contribution in [0.1, 0.15) is 6.92 Å². The van der Waals surface area contributed by atoms with Crippen molar-refractivity contribution in [3.8, 4) is 49.0 Å². The van der Waals surface area contributed by atoms with Crippen molar-refractivity contribution in [1.82, 2.24) is 15.0 Å². The van der Waals surface area contributed by atoms with Crippen LogP contribution in [-0.2, 0) is 18.9 Å². The van der Waals surface area contributed by atoms with E-state index in [0.717, 1.165) is 109 Å². The first-order valence-electron chi connectivity index (χ1n) is 22.2. The standard InChI is InChI=1S/C34H34N4O5S2.C15H14N2O2S.C3H5BrO/c1-21(36-25-10-6-23(7-11-25)34-38-29-15-13-27(43-20-41-3)17-32(29)45-34)30(39)18-35-24-8-4-22(5-9-24)33-37-28-14-12-26(42-19-40-2)16-31(28)44-33;1-18-9-19-12-6-7-13-14(8-12)20-15(17-13)10-2-4-11(16)5-3-10;4-1-3-2-5-3/h4-17,21,30,35-36,39H,18-20H2,1-3H3;2-8H,9,16H2,1H3;3H,1-2H2. The van der Waals surface area contributed by atoms with Crippen LogP contribution in [0.25, 0.3) is 62.4 Å². The molecule has 6 aromatic carbocycles. The molecule has 0 radical (unpaired) electrons. The number of hydrogen-bond donors (Lipinski definition) is 4. The van der Waals surface area contributed by atoms with Crippen LogP contribution in [-0.4, -0.2) is 98.5 Å². The van der Waals surface area contributed by atoms with E-state index in [2.05, 4.69) is 31.5 Å². The highest BCUT2D eigenvalue weighted by atomic mass is 79.9. The molecule has 1 fully saturated rings. The molecule has 14 nitrogen and oxygen atoms in total. The van der Waals surface area contributed by atoms with Crippen molar-refractivity contribution in [2.75, 3.05) is 76.6 Å². The van der Waals surface area contributed by atoms with E-state index < -0.39 is 6.10 Å². The second-order valence-corrected chi connectivity index (χ2v) is 19.6. The molecule has 0 aliphatic carbocycles. The Morgan fingerprint density at radius 2 is 1.00 bits per heavy atom. The van der Waals surface area contributed by atoms with Crippen molar-refractivity contribution in [1.29, 1.82) is 0 Å². The Labute approximate surface area is 426 Å². The number of fused-ring (bicyclic) bond motifs is 3. The van der Waals surface area contributed by atoms with Crippen LogP contribution in [0, 0.1) is 0 Å². The zero-order valence-electron chi connectivity index (χ0n) is 38.9. The topological polar surface area (TPSA) is 177 Å². The largest absolute Gasteiger partial charge is 0.468 e. The lowest BCUT2D eigenvalue weighted by Gasteiger charge is -2.22. The van der Waals surface area contributed by atoms with Crippen LogP contribution in [0.3, 0.4) is 0 Å². The van der Waals surface area contributed by atoms with Crippen molar-refractivity contribution in [3.63, 3.8) is 0 Å². The Balaban J connectivity index is 0.000000215. The van der Waals surface area contributed by atoms with Gasteiger partial charge in [0.15, 0.2) is 20.4 Å². The summed E-state index contributed by atoms with van der Waals surface area (Å²) in [5, 5.41) is 21.5. The number of nitrogens with two attached hydrogens (primary N) is 1. The van der Waals surface area contributed by atoms with Crippen molar-refractivity contribution in [3.05, 3.63) is 127 Å². The lowest BCUT2D eigenvalue weighted by molar-refractivity contribution is 0.0511. The number of nitrogen functional groups attached to an aromatic ring is 1. The monoisotopic (exact) mass is 1060 g/mol. The van der Waals surface area contributed by atoms with Crippen LogP contribution in [0.5, 0.6) is 17.2 Å². The van der Waals surface area contributed by atoms with Gasteiger partial charge in [0.1, 0.15) is 32.3 Å². The smallest absolute Gasteiger partial charge is 0.188 e. The normalized spacial score (nSPS) is 13.7. The lowest BCUT2D eigenvalue weighted by atomic mass is 10.1. The van der Waals surface area contributed by atoms with Gasteiger partial charge in [0.25, 0.3) is 0 Å². The number of methoxy groups -OCH3 is 3. The van der Waals surface area contributed by atoms with E-state index in [1.807, 2.05) is 134 Å². The molecular formula is C52H53BrN6O8S3. The first kappa shape index (κ1) is 50.5. The first-order valence-corrected chi connectivity index (χ1v) is 25.8. The van der Waals surface area contributed by atoms with Crippen LogP contribution >= 0.6 is 49.9 Å². The molecule has 364 valence electrons. The summed E-state index contributed by atoms with van der Waals surface area (Å²) in [4.78, 5) is 14.2. The maximum Gasteiger partial charge on any atom is 0.188 e. The SMILES string of the molecule is BrCC1CO1.COCOc1ccc2nc(-c3ccc(N)cc3)sc2c1.COCOc1ccc2nc(-c3ccc(NCC(O)C(C)Nc4ccc(-c5nc6ccc(OCOC)cc6s5)cc4)cc3)sc2c1. The van der Waals surface area contributed by atoms with Gasteiger partial charge in [-0.3, -0.25) is 0 Å². The maximum atomic E-state index is 10.8. The number of hydrogen-bond acceptors (Lipinski definition) is 17. The van der Waals surface area contributed by atoms with Crippen LogP contribution < -0.4 is 30.6 Å². The second-order valence-electron chi connectivity index (χ2n) is 15.9. The second kappa shape index (κ2) is 24.8. The molecule has 1 aliphatic heterocycles. The number of nitrogens with zero attached hydrogens (tertiary/aromatic N) is 3. The fourth-order valence-electron chi connectivity index (χ4n) is 6.72. The van der Waals surface area contributed by atoms with Gasteiger partial charge in [0, 0.05) is 67.0 Å². The van der Waals surface area contributed by atoms with E-state index in [9.17, 15) is 5.11 Å². The van der Waals surface area contributed by atoms with E-state index in [-0.39, 0.29) is 26.4 Å². The highest BCUT2D eigenvalue weighted by Crippen LogP contribution is 2.36. The van der Waals surface area contributed by atoms with E-state index in [1.54, 1.807) is 55.3 Å². The summed E-state index contributed by atoms with van der Waals surface area (Å²) in [5.41, 5.74) is 14.3. The van der Waals surface area contributed by atoms with Crippen LogP contribution in [0.15, 0.2) is 127 Å². The summed E-state index contributed by atoms with van der Waals surface area (Å²) in [5.74, 6) is 2.30. The number of aliphatic hydroxyl groups excluding tert-OH is 1. The molecule has 10 rings (SSSR count). The molecule has 18 heteroatoms. The summed E-state index contributed by atoms with van der Waals surface area (Å²) in [6, 6.07) is 41.3. The fraction of sp³-hybridized carbons (Fsp3) is 0.250. The summed E-state index contributed by atoms with van der Waals surface area (Å²) >= 11 is 8.12. The summed E-state index contributed by atoms with van der Waals surface area (Å²) in [7, 11) is 4.80.